The standard InChI is InChI=1S/C12H22N4O/c1-5-12(4,11(13)17)14-6-10-7-15-16(8-10)9(2)3/h7-9,14H,5-6H2,1-4H3,(H2,13,17). The molecule has 1 heterocycles. The molecule has 0 bridgehead atoms. The Morgan fingerprint density at radius 1 is 1.65 bits per heavy atom. The first-order chi connectivity index (χ1) is 7.89. The predicted octanol–water partition coefficient (Wildman–Crippen LogP) is 1.21. The number of carbonyl (C=O) groups is 1. The SMILES string of the molecule is CCC(C)(NCc1cnn(C(C)C)c1)C(N)=O. The zero-order chi connectivity index (χ0) is 13.1. The molecule has 1 rings (SSSR count). The minimum absolute atomic E-state index is 0.323. The summed E-state index contributed by atoms with van der Waals surface area (Å²) in [6, 6.07) is 0.345. The lowest BCUT2D eigenvalue weighted by Crippen LogP contribution is -2.52. The molecule has 0 aliphatic heterocycles. The fourth-order valence-corrected chi connectivity index (χ4v) is 1.43. The molecule has 1 aromatic rings. The Labute approximate surface area is 102 Å². The molecule has 1 atom stereocenters. The number of nitrogens with zero attached hydrogens (tertiary/aromatic N) is 2. The molecule has 17 heavy (non-hydrogen) atoms. The van der Waals surface area contributed by atoms with Crippen molar-refractivity contribution >= 4 is 5.91 Å². The molecular formula is C12H22N4O. The first-order valence-electron chi connectivity index (χ1n) is 5.97. The first-order valence-corrected chi connectivity index (χ1v) is 5.97. The molecule has 0 spiro atoms. The van der Waals surface area contributed by atoms with Gasteiger partial charge in [-0.3, -0.25) is 14.8 Å². The van der Waals surface area contributed by atoms with Crippen molar-refractivity contribution in [3.63, 3.8) is 0 Å². The van der Waals surface area contributed by atoms with Crippen LogP contribution in [0.2, 0.25) is 0 Å². The van der Waals surface area contributed by atoms with Gasteiger partial charge in [0.15, 0.2) is 0 Å². The number of primary amides is 1. The third-order valence-electron chi connectivity index (χ3n) is 3.12. The van der Waals surface area contributed by atoms with E-state index in [9.17, 15) is 4.79 Å². The highest BCUT2D eigenvalue weighted by Crippen LogP contribution is 2.11. The third-order valence-corrected chi connectivity index (χ3v) is 3.12. The maximum Gasteiger partial charge on any atom is 0.237 e. The highest BCUT2D eigenvalue weighted by atomic mass is 16.1. The normalized spacial score (nSPS) is 14.9. The minimum Gasteiger partial charge on any atom is -0.368 e. The van der Waals surface area contributed by atoms with Crippen LogP contribution < -0.4 is 11.1 Å². The summed E-state index contributed by atoms with van der Waals surface area (Å²) in [5.41, 5.74) is 5.78. The molecule has 0 aliphatic carbocycles. The summed E-state index contributed by atoms with van der Waals surface area (Å²) in [6.07, 6.45) is 4.46. The number of aromatic nitrogens is 2. The molecule has 0 saturated carbocycles. The van der Waals surface area contributed by atoms with Crippen molar-refractivity contribution in [1.29, 1.82) is 0 Å². The lowest BCUT2D eigenvalue weighted by molar-refractivity contribution is -0.124. The van der Waals surface area contributed by atoms with Crippen molar-refractivity contribution in [1.82, 2.24) is 15.1 Å². The van der Waals surface area contributed by atoms with Gasteiger partial charge in [0.05, 0.1) is 11.7 Å². The van der Waals surface area contributed by atoms with E-state index >= 15 is 0 Å². The smallest absolute Gasteiger partial charge is 0.237 e. The van der Waals surface area contributed by atoms with Gasteiger partial charge in [-0.05, 0) is 27.2 Å². The first kappa shape index (κ1) is 13.7. The Kier molecular flexibility index (Phi) is 4.28. The average Bonchev–Trinajstić information content (AvgIpc) is 2.74. The van der Waals surface area contributed by atoms with Gasteiger partial charge in [-0.1, -0.05) is 6.92 Å². The summed E-state index contributed by atoms with van der Waals surface area (Å²) in [6.45, 7) is 8.51. The van der Waals surface area contributed by atoms with Crippen LogP contribution in [-0.2, 0) is 11.3 Å². The molecule has 1 unspecified atom stereocenters. The van der Waals surface area contributed by atoms with E-state index in [1.165, 1.54) is 0 Å². The predicted molar refractivity (Wildman–Crippen MR) is 67.3 cm³/mol. The zero-order valence-electron chi connectivity index (χ0n) is 11.0. The van der Waals surface area contributed by atoms with Gasteiger partial charge in [0, 0.05) is 24.3 Å². The number of nitrogens with two attached hydrogens (primary N) is 1. The number of carbonyl (C=O) groups excluding carboxylic acids is 1. The molecule has 0 fully saturated rings. The maximum absolute atomic E-state index is 11.3. The second-order valence-corrected chi connectivity index (χ2v) is 4.83. The molecule has 0 saturated heterocycles. The molecule has 5 nitrogen and oxygen atoms in total. The Hall–Kier alpha value is -1.36. The van der Waals surface area contributed by atoms with Crippen LogP contribution >= 0.6 is 0 Å². The minimum atomic E-state index is -0.653. The quantitative estimate of drug-likeness (QED) is 0.782. The zero-order valence-corrected chi connectivity index (χ0v) is 11.0. The Morgan fingerprint density at radius 2 is 2.29 bits per heavy atom. The average molecular weight is 238 g/mol. The van der Waals surface area contributed by atoms with Crippen molar-refractivity contribution in [2.45, 2.75) is 52.2 Å². The molecule has 1 aromatic heterocycles. The molecule has 5 heteroatoms. The van der Waals surface area contributed by atoms with E-state index in [-0.39, 0.29) is 5.91 Å². The van der Waals surface area contributed by atoms with E-state index in [0.29, 0.717) is 19.0 Å². The lowest BCUT2D eigenvalue weighted by atomic mass is 9.98. The largest absolute Gasteiger partial charge is 0.368 e. The van der Waals surface area contributed by atoms with Crippen molar-refractivity contribution in [3.8, 4) is 0 Å². The maximum atomic E-state index is 11.3. The summed E-state index contributed by atoms with van der Waals surface area (Å²) in [5, 5.41) is 7.43. The van der Waals surface area contributed by atoms with Crippen LogP contribution in [0.5, 0.6) is 0 Å². The Bertz CT molecular complexity index is 386. The van der Waals surface area contributed by atoms with Crippen molar-refractivity contribution in [2.24, 2.45) is 5.73 Å². The van der Waals surface area contributed by atoms with Gasteiger partial charge in [-0.2, -0.15) is 5.10 Å². The second kappa shape index (κ2) is 5.31. The van der Waals surface area contributed by atoms with Crippen LogP contribution in [0, 0.1) is 0 Å². The van der Waals surface area contributed by atoms with Gasteiger partial charge < -0.3 is 5.73 Å². The summed E-state index contributed by atoms with van der Waals surface area (Å²) in [4.78, 5) is 11.3. The van der Waals surface area contributed by atoms with Crippen molar-refractivity contribution < 1.29 is 4.79 Å². The van der Waals surface area contributed by atoms with Crippen LogP contribution in [0.4, 0.5) is 0 Å². The Morgan fingerprint density at radius 3 is 2.71 bits per heavy atom. The van der Waals surface area contributed by atoms with E-state index in [4.69, 9.17) is 5.73 Å². The fourth-order valence-electron chi connectivity index (χ4n) is 1.43. The third kappa shape index (κ3) is 3.30. The van der Waals surface area contributed by atoms with Crippen molar-refractivity contribution in [3.05, 3.63) is 18.0 Å². The van der Waals surface area contributed by atoms with Gasteiger partial charge in [0.1, 0.15) is 0 Å². The lowest BCUT2D eigenvalue weighted by Gasteiger charge is -2.25. The topological polar surface area (TPSA) is 72.9 Å². The molecular weight excluding hydrogens is 216 g/mol. The molecule has 0 aliphatic rings. The summed E-state index contributed by atoms with van der Waals surface area (Å²) >= 11 is 0. The molecule has 3 N–H and O–H groups in total. The van der Waals surface area contributed by atoms with E-state index in [1.54, 1.807) is 0 Å². The van der Waals surface area contributed by atoms with Gasteiger partial charge >= 0.3 is 0 Å². The van der Waals surface area contributed by atoms with Crippen LogP contribution in [0.25, 0.3) is 0 Å². The highest BCUT2D eigenvalue weighted by molar-refractivity contribution is 5.84. The molecule has 1 amide bonds. The second-order valence-electron chi connectivity index (χ2n) is 4.83. The van der Waals surface area contributed by atoms with Crippen LogP contribution in [0.1, 0.15) is 45.7 Å². The van der Waals surface area contributed by atoms with E-state index < -0.39 is 5.54 Å². The van der Waals surface area contributed by atoms with Gasteiger partial charge in [-0.25, -0.2) is 0 Å². The summed E-state index contributed by atoms with van der Waals surface area (Å²) < 4.78 is 1.89. The highest BCUT2D eigenvalue weighted by Gasteiger charge is 2.27. The Balaban J connectivity index is 2.63. The van der Waals surface area contributed by atoms with Gasteiger partial charge in [-0.15, -0.1) is 0 Å². The van der Waals surface area contributed by atoms with Gasteiger partial charge in [0.25, 0.3) is 0 Å². The number of rotatable bonds is 6. The van der Waals surface area contributed by atoms with Crippen molar-refractivity contribution in [2.75, 3.05) is 0 Å². The van der Waals surface area contributed by atoms with Crippen LogP contribution in [0.15, 0.2) is 12.4 Å². The molecule has 0 radical (unpaired) electrons. The molecule has 0 aromatic carbocycles. The van der Waals surface area contributed by atoms with Gasteiger partial charge in [0.2, 0.25) is 5.91 Å². The summed E-state index contributed by atoms with van der Waals surface area (Å²) in [5.74, 6) is -0.323. The number of amides is 1. The van der Waals surface area contributed by atoms with Crippen LogP contribution in [0.3, 0.4) is 0 Å². The van der Waals surface area contributed by atoms with E-state index in [0.717, 1.165) is 5.56 Å². The van der Waals surface area contributed by atoms with Crippen LogP contribution in [-0.4, -0.2) is 21.2 Å². The molecule has 96 valence electrons. The number of nitrogens with one attached hydrogen (secondary N) is 1. The van der Waals surface area contributed by atoms with E-state index in [1.807, 2.05) is 30.9 Å². The summed E-state index contributed by atoms with van der Waals surface area (Å²) in [7, 11) is 0. The fraction of sp³-hybridized carbons (Fsp3) is 0.667. The van der Waals surface area contributed by atoms with E-state index in [2.05, 4.69) is 24.3 Å². The monoisotopic (exact) mass is 238 g/mol. The number of hydrogen-bond acceptors (Lipinski definition) is 3. The number of hydrogen-bond donors (Lipinski definition) is 2.